The molecule has 0 radical (unpaired) electrons. The number of carbonyl (C=O) groups is 1. The Kier molecular flexibility index (Phi) is 5.32. The van der Waals surface area contributed by atoms with Gasteiger partial charge in [0.25, 0.3) is 0 Å². The summed E-state index contributed by atoms with van der Waals surface area (Å²) in [6, 6.07) is 5.74. The number of rotatable bonds is 6. The molecule has 0 unspecified atom stereocenters. The summed E-state index contributed by atoms with van der Waals surface area (Å²) in [5.74, 6) is -0.522. The number of hydrogen-bond donors (Lipinski definition) is 2. The Morgan fingerprint density at radius 1 is 1.18 bits per heavy atom. The number of nitrogens with one attached hydrogen (secondary N) is 1. The Morgan fingerprint density at radius 2 is 1.97 bits per heavy atom. The minimum absolute atomic E-state index is 0.273. The van der Waals surface area contributed by atoms with Crippen LogP contribution in [-0.2, 0) is 4.79 Å². The van der Waals surface area contributed by atoms with Gasteiger partial charge in [0.15, 0.2) is 0 Å². The third-order valence-electron chi connectivity index (χ3n) is 6.26. The maximum atomic E-state index is 13.2. The number of fused-ring (bicyclic) bond motifs is 3. The molecule has 1 amide bonds. The van der Waals surface area contributed by atoms with Gasteiger partial charge in [-0.3, -0.25) is 14.2 Å². The van der Waals surface area contributed by atoms with E-state index in [0.29, 0.717) is 17.9 Å². The zero-order chi connectivity index (χ0) is 23.3. The van der Waals surface area contributed by atoms with Crippen LogP contribution in [0.1, 0.15) is 49.2 Å². The Morgan fingerprint density at radius 3 is 2.67 bits per heavy atom. The minimum atomic E-state index is -1.05. The standard InChI is InChI=1S/C25H26FN5O2/c1-4-5-22(32)20-6-13(2)18(12-27-20)16-7-15-11-28-23(30-25(33)17-8-19(17)26)9-21(15)31-14(3)10-29-24(16)31/h6-7,9-12,17,19,22,32H,4-5,8H2,1-3H3,(H,28,30,33)/t17-,19+,22+/m0/s1. The average molecular weight is 448 g/mol. The van der Waals surface area contributed by atoms with E-state index in [1.165, 1.54) is 0 Å². The molecule has 0 saturated heterocycles. The smallest absolute Gasteiger partial charge is 0.231 e. The topological polar surface area (TPSA) is 92.4 Å². The van der Waals surface area contributed by atoms with Gasteiger partial charge in [0.05, 0.1) is 23.2 Å². The van der Waals surface area contributed by atoms with E-state index in [-0.39, 0.29) is 12.3 Å². The Hall–Kier alpha value is -3.39. The summed E-state index contributed by atoms with van der Waals surface area (Å²) in [6.07, 6.45) is 5.49. The lowest BCUT2D eigenvalue weighted by Crippen LogP contribution is -2.16. The number of imidazole rings is 1. The van der Waals surface area contributed by atoms with Crippen LogP contribution in [0.2, 0.25) is 0 Å². The zero-order valence-electron chi connectivity index (χ0n) is 18.8. The predicted molar refractivity (Wildman–Crippen MR) is 125 cm³/mol. The molecule has 3 atom stereocenters. The van der Waals surface area contributed by atoms with Gasteiger partial charge >= 0.3 is 0 Å². The van der Waals surface area contributed by atoms with Crippen LogP contribution in [-0.4, -0.2) is 36.5 Å². The van der Waals surface area contributed by atoms with E-state index in [4.69, 9.17) is 0 Å². The highest BCUT2D eigenvalue weighted by molar-refractivity contribution is 5.97. The Labute approximate surface area is 190 Å². The van der Waals surface area contributed by atoms with Crippen LogP contribution in [0.25, 0.3) is 27.7 Å². The van der Waals surface area contributed by atoms with Crippen molar-refractivity contribution in [1.82, 2.24) is 19.4 Å². The second-order valence-corrected chi connectivity index (χ2v) is 8.82. The number of amides is 1. The molecule has 1 saturated carbocycles. The molecule has 2 N–H and O–H groups in total. The molecule has 1 aliphatic carbocycles. The molecule has 4 heterocycles. The fourth-order valence-corrected chi connectivity index (χ4v) is 4.30. The molecule has 33 heavy (non-hydrogen) atoms. The number of aliphatic hydroxyl groups is 1. The number of halogens is 1. The van der Waals surface area contributed by atoms with Crippen molar-refractivity contribution < 1.29 is 14.3 Å². The number of nitrogens with zero attached hydrogens (tertiary/aromatic N) is 4. The van der Waals surface area contributed by atoms with Gasteiger partial charge in [-0.25, -0.2) is 14.4 Å². The highest BCUT2D eigenvalue weighted by Crippen LogP contribution is 2.36. The molecule has 4 aromatic rings. The molecule has 8 heteroatoms. The second-order valence-electron chi connectivity index (χ2n) is 8.82. The summed E-state index contributed by atoms with van der Waals surface area (Å²) in [7, 11) is 0. The monoisotopic (exact) mass is 447 g/mol. The number of aryl methyl sites for hydroxylation is 2. The van der Waals surface area contributed by atoms with Crippen LogP contribution in [0.5, 0.6) is 0 Å². The quantitative estimate of drug-likeness (QED) is 0.447. The van der Waals surface area contributed by atoms with Crippen molar-refractivity contribution in [3.8, 4) is 11.1 Å². The lowest BCUT2D eigenvalue weighted by molar-refractivity contribution is -0.117. The van der Waals surface area contributed by atoms with Crippen LogP contribution in [0.15, 0.2) is 36.8 Å². The van der Waals surface area contributed by atoms with E-state index in [2.05, 4.69) is 20.3 Å². The van der Waals surface area contributed by atoms with Crippen molar-refractivity contribution in [2.75, 3.05) is 5.32 Å². The molecule has 1 fully saturated rings. The van der Waals surface area contributed by atoms with Crippen molar-refractivity contribution in [1.29, 1.82) is 0 Å². The summed E-state index contributed by atoms with van der Waals surface area (Å²) < 4.78 is 15.3. The summed E-state index contributed by atoms with van der Waals surface area (Å²) >= 11 is 0. The van der Waals surface area contributed by atoms with E-state index >= 15 is 0 Å². The number of pyridine rings is 3. The van der Waals surface area contributed by atoms with E-state index in [1.807, 2.05) is 37.3 Å². The summed E-state index contributed by atoms with van der Waals surface area (Å²) in [4.78, 5) is 25.7. The van der Waals surface area contributed by atoms with Crippen molar-refractivity contribution >= 4 is 28.3 Å². The van der Waals surface area contributed by atoms with Crippen molar-refractivity contribution in [2.45, 2.75) is 52.3 Å². The molecule has 0 bridgehead atoms. The van der Waals surface area contributed by atoms with Crippen LogP contribution in [0.4, 0.5) is 10.2 Å². The molecule has 4 aromatic heterocycles. The van der Waals surface area contributed by atoms with Crippen molar-refractivity contribution in [3.63, 3.8) is 0 Å². The van der Waals surface area contributed by atoms with Gasteiger partial charge in [0, 0.05) is 46.9 Å². The Bertz CT molecular complexity index is 1380. The third-order valence-corrected chi connectivity index (χ3v) is 6.26. The molecule has 0 aromatic carbocycles. The lowest BCUT2D eigenvalue weighted by atomic mass is 10.00. The number of anilines is 1. The molecule has 7 nitrogen and oxygen atoms in total. The van der Waals surface area contributed by atoms with Gasteiger partial charge in [-0.1, -0.05) is 13.3 Å². The third kappa shape index (κ3) is 3.84. The van der Waals surface area contributed by atoms with Gasteiger partial charge < -0.3 is 10.4 Å². The first-order valence-electron chi connectivity index (χ1n) is 11.2. The molecule has 0 spiro atoms. The van der Waals surface area contributed by atoms with Crippen molar-refractivity contribution in [3.05, 3.63) is 53.7 Å². The maximum Gasteiger partial charge on any atom is 0.231 e. The van der Waals surface area contributed by atoms with E-state index in [0.717, 1.165) is 45.4 Å². The van der Waals surface area contributed by atoms with Crippen LogP contribution in [0.3, 0.4) is 0 Å². The molecule has 170 valence electrons. The lowest BCUT2D eigenvalue weighted by Gasteiger charge is -2.15. The van der Waals surface area contributed by atoms with Crippen LogP contribution >= 0.6 is 0 Å². The first-order valence-corrected chi connectivity index (χ1v) is 11.2. The molecule has 5 rings (SSSR count). The van der Waals surface area contributed by atoms with Crippen LogP contribution in [0, 0.1) is 19.8 Å². The molecule has 0 aliphatic heterocycles. The number of aromatic nitrogens is 4. The SMILES string of the molecule is CCC[C@@H](O)c1cc(C)c(-c2cc3cnc(NC(=O)[C@H]4C[C@H]4F)cc3n3c(C)cnc23)cn1. The first kappa shape index (κ1) is 21.5. The van der Waals surface area contributed by atoms with Gasteiger partial charge in [-0.15, -0.1) is 0 Å². The molecular weight excluding hydrogens is 421 g/mol. The number of alkyl halides is 1. The molecule has 1 aliphatic rings. The highest BCUT2D eigenvalue weighted by atomic mass is 19.1. The Balaban J connectivity index is 1.59. The fourth-order valence-electron chi connectivity index (χ4n) is 4.30. The van der Waals surface area contributed by atoms with E-state index in [9.17, 15) is 14.3 Å². The normalized spacial score (nSPS) is 18.6. The number of aliphatic hydroxyl groups excluding tert-OH is 1. The van der Waals surface area contributed by atoms with Gasteiger partial charge in [-0.2, -0.15) is 0 Å². The van der Waals surface area contributed by atoms with E-state index < -0.39 is 18.2 Å². The predicted octanol–water partition coefficient (Wildman–Crippen LogP) is 4.69. The fraction of sp³-hybridized carbons (Fsp3) is 0.360. The number of carbonyl (C=O) groups excluding carboxylic acids is 1. The number of hydrogen-bond acceptors (Lipinski definition) is 5. The first-order chi connectivity index (χ1) is 15.9. The van der Waals surface area contributed by atoms with Gasteiger partial charge in [0.1, 0.15) is 17.6 Å². The van der Waals surface area contributed by atoms with Gasteiger partial charge in [0.2, 0.25) is 5.91 Å². The summed E-state index contributed by atoms with van der Waals surface area (Å²) in [5, 5.41) is 13.9. The molecular formula is C25H26FN5O2. The van der Waals surface area contributed by atoms with Crippen LogP contribution < -0.4 is 5.32 Å². The largest absolute Gasteiger partial charge is 0.387 e. The zero-order valence-corrected chi connectivity index (χ0v) is 18.8. The summed E-state index contributed by atoms with van der Waals surface area (Å²) in [6.45, 7) is 6.00. The highest BCUT2D eigenvalue weighted by Gasteiger charge is 2.43. The maximum absolute atomic E-state index is 13.2. The van der Waals surface area contributed by atoms with E-state index in [1.54, 1.807) is 24.7 Å². The minimum Gasteiger partial charge on any atom is -0.387 e. The van der Waals surface area contributed by atoms with Crippen molar-refractivity contribution in [2.24, 2.45) is 5.92 Å². The average Bonchev–Trinajstić information content (AvgIpc) is 3.41. The summed E-state index contributed by atoms with van der Waals surface area (Å²) in [5.41, 5.74) is 6.06. The van der Waals surface area contributed by atoms with Gasteiger partial charge in [-0.05, 0) is 44.4 Å². The second kappa shape index (κ2) is 8.19.